The first-order valence-corrected chi connectivity index (χ1v) is 7.64. The Morgan fingerprint density at radius 3 is 2.64 bits per heavy atom. The van der Waals surface area contributed by atoms with Crippen LogP contribution in [0.2, 0.25) is 0 Å². The zero-order valence-corrected chi connectivity index (χ0v) is 13.8. The maximum atomic E-state index is 9.56. The van der Waals surface area contributed by atoms with Crippen molar-refractivity contribution in [3.05, 3.63) is 0 Å². The Hall–Kier alpha value is -1.67. The molecule has 8 heteroatoms. The van der Waals surface area contributed by atoms with Gasteiger partial charge in [-0.15, -0.1) is 0 Å². The van der Waals surface area contributed by atoms with Gasteiger partial charge in [0, 0.05) is 19.1 Å². The van der Waals surface area contributed by atoms with Gasteiger partial charge in [-0.1, -0.05) is 20.8 Å². The Morgan fingerprint density at radius 2 is 2.09 bits per heavy atom. The van der Waals surface area contributed by atoms with E-state index >= 15 is 0 Å². The second-order valence-electron chi connectivity index (χ2n) is 6.78. The van der Waals surface area contributed by atoms with Gasteiger partial charge in [0.25, 0.3) is 0 Å². The van der Waals surface area contributed by atoms with E-state index in [9.17, 15) is 5.11 Å². The molecule has 0 amide bonds. The first-order valence-electron chi connectivity index (χ1n) is 7.64. The summed E-state index contributed by atoms with van der Waals surface area (Å²) in [6, 6.07) is 0.278. The molecule has 1 aliphatic rings. The van der Waals surface area contributed by atoms with E-state index in [1.165, 1.54) is 0 Å². The van der Waals surface area contributed by atoms with Gasteiger partial charge in [-0.25, -0.2) is 0 Å². The van der Waals surface area contributed by atoms with Crippen molar-refractivity contribution in [2.45, 2.75) is 39.3 Å². The van der Waals surface area contributed by atoms with Crippen LogP contribution in [0.15, 0.2) is 0 Å². The molecule has 1 saturated heterocycles. The number of nitrogens with two attached hydrogens (primary N) is 1. The topological polar surface area (TPSA) is 112 Å². The van der Waals surface area contributed by atoms with E-state index in [1.807, 2.05) is 27.8 Å². The smallest absolute Gasteiger partial charge is 0.232 e. The van der Waals surface area contributed by atoms with Crippen LogP contribution >= 0.6 is 0 Å². The van der Waals surface area contributed by atoms with Crippen LogP contribution in [-0.4, -0.2) is 58.9 Å². The molecule has 2 atom stereocenters. The van der Waals surface area contributed by atoms with Crippen LogP contribution in [0, 0.1) is 5.41 Å². The minimum atomic E-state index is -0.161. The fourth-order valence-electron chi connectivity index (χ4n) is 2.46. The highest BCUT2D eigenvalue weighted by Crippen LogP contribution is 2.23. The number of aliphatic hydroxyl groups is 1. The predicted molar refractivity (Wildman–Crippen MR) is 87.9 cm³/mol. The highest BCUT2D eigenvalue weighted by molar-refractivity contribution is 5.43. The number of aromatic nitrogens is 3. The van der Waals surface area contributed by atoms with Crippen LogP contribution in [0.1, 0.15) is 27.2 Å². The largest absolute Gasteiger partial charge is 0.394 e. The number of nitrogens with one attached hydrogen (secondary N) is 2. The first kappa shape index (κ1) is 16.7. The normalized spacial score (nSPS) is 20.2. The van der Waals surface area contributed by atoms with E-state index in [0.717, 1.165) is 19.5 Å². The number of hydrogen-bond acceptors (Lipinski definition) is 8. The summed E-state index contributed by atoms with van der Waals surface area (Å²) in [6.45, 7) is 7.87. The van der Waals surface area contributed by atoms with Gasteiger partial charge in [-0.2, -0.15) is 15.0 Å². The van der Waals surface area contributed by atoms with Crippen molar-refractivity contribution in [2.75, 3.05) is 42.7 Å². The lowest BCUT2D eigenvalue weighted by molar-refractivity contribution is 0.201. The molecule has 0 unspecified atom stereocenters. The second-order valence-corrected chi connectivity index (χ2v) is 6.78. The predicted octanol–water partition coefficient (Wildman–Crippen LogP) is 0.0708. The minimum Gasteiger partial charge on any atom is -0.394 e. The van der Waals surface area contributed by atoms with E-state index in [2.05, 4.69) is 30.5 Å². The van der Waals surface area contributed by atoms with Gasteiger partial charge < -0.3 is 26.4 Å². The van der Waals surface area contributed by atoms with Crippen LogP contribution in [0.25, 0.3) is 0 Å². The van der Waals surface area contributed by atoms with E-state index in [4.69, 9.17) is 5.73 Å². The molecule has 1 aliphatic heterocycles. The molecule has 124 valence electrons. The first-order chi connectivity index (χ1) is 10.3. The van der Waals surface area contributed by atoms with Crippen LogP contribution in [0.4, 0.5) is 17.8 Å². The Balaban J connectivity index is 2.17. The molecular formula is C14H27N7O. The molecule has 1 fully saturated rings. The van der Waals surface area contributed by atoms with Gasteiger partial charge in [-0.3, -0.25) is 0 Å². The average molecular weight is 309 g/mol. The summed E-state index contributed by atoms with van der Waals surface area (Å²) in [6.07, 6.45) is 1.05. The summed E-state index contributed by atoms with van der Waals surface area (Å²) in [4.78, 5) is 14.9. The van der Waals surface area contributed by atoms with E-state index in [-0.39, 0.29) is 24.0 Å². The highest BCUT2D eigenvalue weighted by Gasteiger charge is 2.27. The molecule has 5 N–H and O–H groups in total. The third-order valence-electron chi connectivity index (χ3n) is 4.05. The van der Waals surface area contributed by atoms with Gasteiger partial charge >= 0.3 is 0 Å². The van der Waals surface area contributed by atoms with Gasteiger partial charge in [0.05, 0.1) is 12.6 Å². The molecule has 8 nitrogen and oxygen atoms in total. The number of anilines is 3. The lowest BCUT2D eigenvalue weighted by atomic mass is 9.87. The molecule has 22 heavy (non-hydrogen) atoms. The number of likely N-dealkylation sites (N-methyl/N-ethyl adjacent to an activating group) is 1. The number of rotatable bonds is 5. The van der Waals surface area contributed by atoms with Crippen molar-refractivity contribution in [3.8, 4) is 0 Å². The molecule has 1 aromatic heterocycles. The standard InChI is InChI=1S/C14H27N7O/c1-14(2,3)10(8-22)17-12-18-11(15)19-13(20-12)21-6-5-9(7-21)16-4/h9-10,16,22H,5-8H2,1-4H3,(H3,15,17,18,19,20)/t9-,10-/m1/s1. The maximum absolute atomic E-state index is 9.56. The summed E-state index contributed by atoms with van der Waals surface area (Å²) >= 11 is 0. The number of aliphatic hydroxyl groups excluding tert-OH is 1. The SMILES string of the molecule is CN[C@@H]1CCN(c2nc(N)nc(N[C@H](CO)C(C)(C)C)n2)C1. The summed E-state index contributed by atoms with van der Waals surface area (Å²) in [7, 11) is 1.96. The zero-order valence-electron chi connectivity index (χ0n) is 13.8. The van der Waals surface area contributed by atoms with E-state index in [1.54, 1.807) is 0 Å². The molecule has 2 rings (SSSR count). The molecular weight excluding hydrogens is 282 g/mol. The molecule has 0 aromatic carbocycles. The quantitative estimate of drug-likeness (QED) is 0.604. The average Bonchev–Trinajstić information content (AvgIpc) is 2.92. The Bertz CT molecular complexity index is 502. The van der Waals surface area contributed by atoms with Gasteiger partial charge in [0.1, 0.15) is 0 Å². The third kappa shape index (κ3) is 3.95. The van der Waals surface area contributed by atoms with Gasteiger partial charge in [-0.05, 0) is 18.9 Å². The van der Waals surface area contributed by atoms with Crippen LogP contribution < -0.4 is 21.3 Å². The summed E-state index contributed by atoms with van der Waals surface area (Å²) in [5, 5.41) is 16.0. The molecule has 0 spiro atoms. The van der Waals surface area contributed by atoms with Crippen molar-refractivity contribution >= 4 is 17.8 Å². The Morgan fingerprint density at radius 1 is 1.36 bits per heavy atom. The second kappa shape index (κ2) is 6.62. The Labute approximate surface area is 131 Å². The summed E-state index contributed by atoms with van der Waals surface area (Å²) in [5.74, 6) is 1.17. The highest BCUT2D eigenvalue weighted by atomic mass is 16.3. The number of nitrogen functional groups attached to an aromatic ring is 1. The minimum absolute atomic E-state index is 0.00400. The van der Waals surface area contributed by atoms with Crippen LogP contribution in [0.5, 0.6) is 0 Å². The van der Waals surface area contributed by atoms with Crippen molar-refractivity contribution < 1.29 is 5.11 Å². The fraction of sp³-hybridized carbons (Fsp3) is 0.786. The number of nitrogens with zero attached hydrogens (tertiary/aromatic N) is 4. The van der Waals surface area contributed by atoms with Gasteiger partial charge in [0.2, 0.25) is 17.8 Å². The molecule has 1 aromatic rings. The molecule has 0 saturated carbocycles. The molecule has 2 heterocycles. The maximum Gasteiger partial charge on any atom is 0.232 e. The fourth-order valence-corrected chi connectivity index (χ4v) is 2.46. The van der Waals surface area contributed by atoms with Gasteiger partial charge in [0.15, 0.2) is 0 Å². The summed E-state index contributed by atoms with van der Waals surface area (Å²) in [5.41, 5.74) is 5.69. The Kier molecular flexibility index (Phi) is 5.02. The van der Waals surface area contributed by atoms with Crippen LogP contribution in [-0.2, 0) is 0 Å². The van der Waals surface area contributed by atoms with Crippen molar-refractivity contribution in [3.63, 3.8) is 0 Å². The van der Waals surface area contributed by atoms with Crippen LogP contribution in [0.3, 0.4) is 0 Å². The molecule has 0 radical (unpaired) electrons. The third-order valence-corrected chi connectivity index (χ3v) is 4.05. The molecule has 0 bridgehead atoms. The van der Waals surface area contributed by atoms with Crippen molar-refractivity contribution in [1.82, 2.24) is 20.3 Å². The lowest BCUT2D eigenvalue weighted by Gasteiger charge is -2.30. The van der Waals surface area contributed by atoms with E-state index in [0.29, 0.717) is 17.9 Å². The molecule has 0 aliphatic carbocycles. The lowest BCUT2D eigenvalue weighted by Crippen LogP contribution is -2.38. The summed E-state index contributed by atoms with van der Waals surface area (Å²) < 4.78 is 0. The van der Waals surface area contributed by atoms with Crippen molar-refractivity contribution in [2.24, 2.45) is 5.41 Å². The number of hydrogen-bond donors (Lipinski definition) is 4. The monoisotopic (exact) mass is 309 g/mol. The zero-order chi connectivity index (χ0) is 16.3. The van der Waals surface area contributed by atoms with E-state index < -0.39 is 0 Å². The van der Waals surface area contributed by atoms with Crippen molar-refractivity contribution in [1.29, 1.82) is 0 Å².